The Bertz CT molecular complexity index is 919. The Morgan fingerprint density at radius 3 is 2.70 bits per heavy atom. The van der Waals surface area contributed by atoms with Gasteiger partial charge < -0.3 is 4.90 Å². The summed E-state index contributed by atoms with van der Waals surface area (Å²) in [6.07, 6.45) is 2.70. The summed E-state index contributed by atoms with van der Waals surface area (Å²) in [5.74, 6) is -0.532. The second-order valence-corrected chi connectivity index (χ2v) is 7.89. The number of carbonyl (C=O) groups excluding carboxylic acids is 2. The Kier molecular flexibility index (Phi) is 5.33. The smallest absolute Gasteiger partial charge is 0.310 e. The van der Waals surface area contributed by atoms with Gasteiger partial charge in [0.15, 0.2) is 6.29 Å². The molecule has 0 saturated carbocycles. The average molecular weight is 414 g/mol. The van der Waals surface area contributed by atoms with Crippen molar-refractivity contribution in [2.45, 2.75) is 51.9 Å². The molecule has 0 aliphatic carbocycles. The molecule has 160 valence electrons. The van der Waals surface area contributed by atoms with Gasteiger partial charge in [0.2, 0.25) is 0 Å². The number of hydrazone groups is 1. The quantitative estimate of drug-likeness (QED) is 0.761. The molecule has 1 aromatic carbocycles. The van der Waals surface area contributed by atoms with Crippen LogP contribution in [0.25, 0.3) is 0 Å². The maximum atomic E-state index is 14.3. The molecule has 4 unspecified atom stereocenters. The molecule has 4 rings (SSSR count). The number of rotatable bonds is 4. The molecule has 3 aliphatic rings. The summed E-state index contributed by atoms with van der Waals surface area (Å²) in [6, 6.07) is 5.60. The highest BCUT2D eigenvalue weighted by atomic mass is 19.1. The van der Waals surface area contributed by atoms with Crippen molar-refractivity contribution in [3.63, 3.8) is 0 Å². The van der Waals surface area contributed by atoms with Crippen LogP contribution in [-0.2, 0) is 11.3 Å². The molecular weight excluding hydrogens is 387 g/mol. The van der Waals surface area contributed by atoms with Gasteiger partial charge in [-0.15, -0.1) is 0 Å². The standard InChI is InChI=1S/C21H27FN6O2/c1-5-6-11-26-19(29)17-18(25(4)21(26)30)23-20-27(24-13(2)14(3)28(17)20)12-15-9-7-8-10-16(15)22/h5-10,14,17-18,20,23H,11-12H2,1-4H3/b6-5+. The van der Waals surface area contributed by atoms with Crippen LogP contribution in [0.15, 0.2) is 41.5 Å². The summed E-state index contributed by atoms with van der Waals surface area (Å²) in [5, 5.41) is 9.82. The van der Waals surface area contributed by atoms with Gasteiger partial charge in [-0.25, -0.2) is 14.1 Å². The third-order valence-electron chi connectivity index (χ3n) is 6.13. The first kappa shape index (κ1) is 20.5. The minimum atomic E-state index is -0.550. The van der Waals surface area contributed by atoms with E-state index in [9.17, 15) is 14.0 Å². The Labute approximate surface area is 175 Å². The van der Waals surface area contributed by atoms with E-state index >= 15 is 0 Å². The first-order valence-electron chi connectivity index (χ1n) is 10.1. The average Bonchev–Trinajstić information content (AvgIpc) is 3.13. The summed E-state index contributed by atoms with van der Waals surface area (Å²) < 4.78 is 14.3. The number of allylic oxidation sites excluding steroid dienone is 1. The number of nitrogens with one attached hydrogen (secondary N) is 1. The predicted octanol–water partition coefficient (Wildman–Crippen LogP) is 1.76. The number of carbonyl (C=O) groups is 2. The van der Waals surface area contributed by atoms with Gasteiger partial charge in [-0.05, 0) is 26.8 Å². The molecule has 3 amide bonds. The third kappa shape index (κ3) is 3.18. The lowest BCUT2D eigenvalue weighted by atomic mass is 10.1. The second kappa shape index (κ2) is 7.81. The van der Waals surface area contributed by atoms with Gasteiger partial charge in [0.05, 0.1) is 18.3 Å². The van der Waals surface area contributed by atoms with E-state index in [-0.39, 0.29) is 36.9 Å². The van der Waals surface area contributed by atoms with Crippen LogP contribution >= 0.6 is 0 Å². The van der Waals surface area contributed by atoms with E-state index in [1.165, 1.54) is 11.0 Å². The van der Waals surface area contributed by atoms with Crippen LogP contribution in [0.2, 0.25) is 0 Å². The molecule has 1 N–H and O–H groups in total. The SMILES string of the molecule is C/C=C/CN1C(=O)C2C(NC3N(Cc4ccccc4F)N=C(C)C(C)N23)N(C)C1=O. The zero-order valence-corrected chi connectivity index (χ0v) is 17.6. The highest BCUT2D eigenvalue weighted by molar-refractivity contribution is 6.01. The molecule has 4 atom stereocenters. The Morgan fingerprint density at radius 2 is 2.00 bits per heavy atom. The molecule has 9 heteroatoms. The number of benzene rings is 1. The Morgan fingerprint density at radius 1 is 1.27 bits per heavy atom. The topological polar surface area (TPSA) is 71.5 Å². The van der Waals surface area contributed by atoms with Crippen molar-refractivity contribution in [2.24, 2.45) is 5.10 Å². The lowest BCUT2D eigenvalue weighted by Gasteiger charge is -2.44. The monoisotopic (exact) mass is 414 g/mol. The lowest BCUT2D eigenvalue weighted by Crippen LogP contribution is -2.67. The van der Waals surface area contributed by atoms with E-state index in [4.69, 9.17) is 0 Å². The highest BCUT2D eigenvalue weighted by Crippen LogP contribution is 2.33. The van der Waals surface area contributed by atoms with Gasteiger partial charge in [-0.3, -0.25) is 20.0 Å². The summed E-state index contributed by atoms with van der Waals surface area (Å²) >= 11 is 0. The highest BCUT2D eigenvalue weighted by Gasteiger charge is 2.57. The van der Waals surface area contributed by atoms with Crippen LogP contribution in [0.1, 0.15) is 26.3 Å². The van der Waals surface area contributed by atoms with Gasteiger partial charge in [0.1, 0.15) is 18.0 Å². The molecule has 3 heterocycles. The van der Waals surface area contributed by atoms with Crippen molar-refractivity contribution >= 4 is 17.6 Å². The molecule has 0 radical (unpaired) electrons. The van der Waals surface area contributed by atoms with Crippen molar-refractivity contribution in [1.29, 1.82) is 0 Å². The molecule has 30 heavy (non-hydrogen) atoms. The molecule has 0 spiro atoms. The number of nitrogens with zero attached hydrogens (tertiary/aromatic N) is 5. The molecular formula is C21H27FN6O2. The fraction of sp³-hybridized carbons (Fsp3) is 0.476. The number of hydrogen-bond donors (Lipinski definition) is 1. The van der Waals surface area contributed by atoms with Crippen LogP contribution < -0.4 is 5.32 Å². The summed E-state index contributed by atoms with van der Waals surface area (Å²) in [6.45, 7) is 6.24. The number of amides is 3. The first-order valence-corrected chi connectivity index (χ1v) is 10.1. The molecule has 2 saturated heterocycles. The van der Waals surface area contributed by atoms with Gasteiger partial charge in [0.25, 0.3) is 5.91 Å². The number of likely N-dealkylation sites (N-methyl/N-ethyl adjacent to an activating group) is 1. The van der Waals surface area contributed by atoms with E-state index in [0.29, 0.717) is 5.56 Å². The molecule has 0 aromatic heterocycles. The molecule has 1 aromatic rings. The summed E-state index contributed by atoms with van der Waals surface area (Å²) in [7, 11) is 1.69. The van der Waals surface area contributed by atoms with Gasteiger partial charge >= 0.3 is 6.03 Å². The minimum absolute atomic E-state index is 0.108. The molecule has 0 bridgehead atoms. The summed E-state index contributed by atoms with van der Waals surface area (Å²) in [4.78, 5) is 31.0. The molecule has 3 aliphatic heterocycles. The number of imide groups is 1. The van der Waals surface area contributed by atoms with Crippen LogP contribution in [0.4, 0.5) is 9.18 Å². The third-order valence-corrected chi connectivity index (χ3v) is 6.13. The maximum absolute atomic E-state index is 14.3. The van der Waals surface area contributed by atoms with E-state index in [1.54, 1.807) is 41.2 Å². The number of hydrogen-bond acceptors (Lipinski definition) is 6. The minimum Gasteiger partial charge on any atom is -0.310 e. The van der Waals surface area contributed by atoms with Crippen molar-refractivity contribution in [3.8, 4) is 0 Å². The Hall–Kier alpha value is -2.78. The Balaban J connectivity index is 1.68. The normalized spacial score (nSPS) is 29.5. The number of halogens is 1. The fourth-order valence-electron chi connectivity index (χ4n) is 4.35. The van der Waals surface area contributed by atoms with Gasteiger partial charge in [-0.1, -0.05) is 30.4 Å². The van der Waals surface area contributed by atoms with Crippen LogP contribution in [0.5, 0.6) is 0 Å². The van der Waals surface area contributed by atoms with E-state index < -0.39 is 18.5 Å². The lowest BCUT2D eigenvalue weighted by molar-refractivity contribution is -0.139. The molecule has 8 nitrogen and oxygen atoms in total. The second-order valence-electron chi connectivity index (χ2n) is 7.89. The molecule has 2 fully saturated rings. The van der Waals surface area contributed by atoms with Crippen molar-refractivity contribution in [1.82, 2.24) is 25.0 Å². The van der Waals surface area contributed by atoms with E-state index in [1.807, 2.05) is 31.7 Å². The van der Waals surface area contributed by atoms with Crippen LogP contribution in [0.3, 0.4) is 0 Å². The first-order chi connectivity index (χ1) is 14.3. The van der Waals surface area contributed by atoms with E-state index in [2.05, 4.69) is 10.4 Å². The zero-order chi connectivity index (χ0) is 21.6. The van der Waals surface area contributed by atoms with Crippen molar-refractivity contribution in [3.05, 3.63) is 47.8 Å². The number of fused-ring (bicyclic) bond motifs is 3. The van der Waals surface area contributed by atoms with Gasteiger partial charge in [0, 0.05) is 19.2 Å². The van der Waals surface area contributed by atoms with Crippen molar-refractivity contribution < 1.29 is 14.0 Å². The van der Waals surface area contributed by atoms with Crippen LogP contribution in [-0.4, -0.2) is 75.5 Å². The maximum Gasteiger partial charge on any atom is 0.328 e. The number of urea groups is 1. The van der Waals surface area contributed by atoms with E-state index in [0.717, 1.165) is 5.71 Å². The van der Waals surface area contributed by atoms with Crippen molar-refractivity contribution in [2.75, 3.05) is 13.6 Å². The largest absolute Gasteiger partial charge is 0.328 e. The predicted molar refractivity (Wildman–Crippen MR) is 111 cm³/mol. The fourth-order valence-corrected chi connectivity index (χ4v) is 4.35. The van der Waals surface area contributed by atoms with Crippen LogP contribution in [0, 0.1) is 5.82 Å². The van der Waals surface area contributed by atoms with Gasteiger partial charge in [-0.2, -0.15) is 5.10 Å². The summed E-state index contributed by atoms with van der Waals surface area (Å²) in [5.41, 5.74) is 1.35. The zero-order valence-electron chi connectivity index (χ0n) is 17.6.